The van der Waals surface area contributed by atoms with Gasteiger partial charge in [0, 0.05) is 120 Å². The molecule has 0 bridgehead atoms. The number of likely N-dealkylation sites (N-methyl/N-ethyl adjacent to an activating group) is 3. The van der Waals surface area contributed by atoms with Gasteiger partial charge in [-0.3, -0.25) is 81.5 Å². The van der Waals surface area contributed by atoms with Crippen LogP contribution in [-0.4, -0.2) is 313 Å². The highest BCUT2D eigenvalue weighted by atomic mass is 32.2. The van der Waals surface area contributed by atoms with E-state index in [1.54, 1.807) is 75.3 Å². The molecule has 0 radical (unpaired) electrons. The molecule has 18 N–H and O–H groups in total. The summed E-state index contributed by atoms with van der Waals surface area (Å²) in [6.45, 7) is 10.8. The van der Waals surface area contributed by atoms with E-state index in [-0.39, 0.29) is 100.0 Å². The van der Waals surface area contributed by atoms with Gasteiger partial charge in [-0.05, 0) is 118 Å². The van der Waals surface area contributed by atoms with Crippen LogP contribution in [0.2, 0.25) is 0 Å². The Morgan fingerprint density at radius 2 is 1.06 bits per heavy atom. The molecule has 2 aromatic heterocycles. The van der Waals surface area contributed by atoms with Gasteiger partial charge < -0.3 is 114 Å². The lowest BCUT2D eigenvalue weighted by Crippen LogP contribution is -2.61. The van der Waals surface area contributed by atoms with E-state index in [0.717, 1.165) is 45.7 Å². The number of H-pyrrole nitrogens is 2. The molecule has 1 unspecified atom stereocenters. The summed E-state index contributed by atoms with van der Waals surface area (Å²) in [7, 11) is 4.08. The summed E-state index contributed by atoms with van der Waals surface area (Å²) in [6, 6.07) is 1.13. The van der Waals surface area contributed by atoms with E-state index in [4.69, 9.17) is 11.5 Å². The molecule has 39 nitrogen and oxygen atoms in total. The molecule has 132 heavy (non-hydrogen) atoms. The van der Waals surface area contributed by atoms with Gasteiger partial charge in [0.1, 0.15) is 84.3 Å². The van der Waals surface area contributed by atoms with Crippen molar-refractivity contribution in [3.8, 4) is 5.75 Å². The van der Waals surface area contributed by atoms with Crippen LogP contribution in [0.3, 0.4) is 0 Å². The maximum atomic E-state index is 15.6. The average Bonchev–Trinajstić information content (AvgIpc) is 1.71. The number of benzene rings is 3. The predicted octanol–water partition coefficient (Wildman–Crippen LogP) is 0.0132. The number of likely N-dealkylation sites (tertiary alicyclic amines) is 1. The number of para-hydroxylation sites is 2. The Morgan fingerprint density at radius 3 is 1.67 bits per heavy atom. The van der Waals surface area contributed by atoms with Crippen LogP contribution < -0.4 is 64.6 Å². The molecular weight excluding hydrogens is 1720 g/mol. The number of thioether (sulfide) groups is 1. The van der Waals surface area contributed by atoms with Crippen LogP contribution in [0.25, 0.3) is 21.8 Å². The molecule has 3 aromatic carbocycles. The molecule has 17 amide bonds. The van der Waals surface area contributed by atoms with Gasteiger partial charge in [0.2, 0.25) is 100 Å². The number of aliphatic hydroxyl groups excluding tert-OH is 1. The molecule has 14 atom stereocenters. The normalized spacial score (nSPS) is 25.3. The molecule has 4 saturated heterocycles. The zero-order valence-electron chi connectivity index (χ0n) is 77.0. The monoisotopic (exact) mass is 1850 g/mol. The molecule has 0 spiro atoms. The number of carbonyl (C=O) groups excluding carboxylic acids is 17. The fourth-order valence-electron chi connectivity index (χ4n) is 17.1. The molecule has 6 heterocycles. The lowest BCUT2D eigenvalue weighted by atomic mass is 9.99. The van der Waals surface area contributed by atoms with Gasteiger partial charge in [0.15, 0.2) is 0 Å². The van der Waals surface area contributed by atoms with Crippen LogP contribution in [0.4, 0.5) is 0 Å². The Morgan fingerprint density at radius 1 is 0.530 bits per heavy atom. The van der Waals surface area contributed by atoms with E-state index in [2.05, 4.69) is 63.1 Å². The van der Waals surface area contributed by atoms with E-state index < -0.39 is 218 Å². The minimum atomic E-state index is -1.75. The third-order valence-corrected chi connectivity index (χ3v) is 25.6. The van der Waals surface area contributed by atoms with Crippen molar-refractivity contribution in [2.45, 2.75) is 249 Å². The predicted molar refractivity (Wildman–Crippen MR) is 492 cm³/mol. The molecule has 0 saturated carbocycles. The Balaban J connectivity index is 1.07. The van der Waals surface area contributed by atoms with E-state index in [0.29, 0.717) is 77.3 Å². The standard InChI is InChI=1S/C92H132N20O19S/c1-11-13-27-72-85(124)101-64(37-52(3)4)83(122)106-71(82(121)98-48-79(118)110-34-20-15-21-35-110)50-132-51-78(117)100-67(39-55-30-32-58(113)33-31-55)88(127)107(8)54(7)80(119)103-69(43-76(94)115)90(129)111-36-22-29-73(111)86(125)105-70(44-93)84(123)104-66(38-53(5)6)91(130)112-49-59(114)42-75(112)87(126)102-65(40-56-45-95-62-25-18-16-23-60(56)62)81(120)97-47-77(116)99-68(41-57-46-96-63-26-19-17-24-61(57)63)89(128)109(10)74(28-14-12-2)92(131)108(72)9/h16-19,23-26,30-33,45-46,52-54,59,64-75,95-96,113-114H,11-15,20-22,27-29,34-44,47-51,93H2,1-10H3,(H2,94,115)(H,97,120)(H,98,121)(H,99,116)(H,100,117)(H,101,124)(H,102,126)(H,103,119)(H,104,123)(H,105,125)(H,106,122)/t54-,59+,64-,65-,66-,67-,68?,69-,70-,71-,72-,73-,74-,75-/m0/s1. The molecule has 720 valence electrons. The topological polar surface area (TPSA) is 554 Å². The first-order valence-electron chi connectivity index (χ1n) is 45.7. The molecule has 4 fully saturated rings. The van der Waals surface area contributed by atoms with Crippen LogP contribution in [0.5, 0.6) is 5.75 Å². The fourth-order valence-corrected chi connectivity index (χ4v) is 18.0. The summed E-state index contributed by atoms with van der Waals surface area (Å²) in [4.78, 5) is 264. The summed E-state index contributed by atoms with van der Waals surface area (Å²) in [5.74, 6) is -15.8. The first-order chi connectivity index (χ1) is 62.9. The number of fused-ring (bicyclic) bond motifs is 4. The van der Waals surface area contributed by atoms with Crippen LogP contribution >= 0.6 is 11.8 Å². The number of aromatic amines is 2. The second-order valence-electron chi connectivity index (χ2n) is 35.6. The number of hydrogen-bond acceptors (Lipinski definition) is 21. The summed E-state index contributed by atoms with van der Waals surface area (Å²) in [5.41, 5.74) is 14.9. The highest BCUT2D eigenvalue weighted by Gasteiger charge is 2.46. The summed E-state index contributed by atoms with van der Waals surface area (Å²) >= 11 is 0.853. The minimum Gasteiger partial charge on any atom is -0.508 e. The van der Waals surface area contributed by atoms with Crippen molar-refractivity contribution < 1.29 is 91.7 Å². The summed E-state index contributed by atoms with van der Waals surface area (Å²) < 4.78 is 0. The number of piperidine rings is 1. The van der Waals surface area contributed by atoms with E-state index >= 15 is 28.8 Å². The number of amides is 17. The Bertz CT molecular complexity index is 4920. The highest BCUT2D eigenvalue weighted by Crippen LogP contribution is 2.28. The van der Waals surface area contributed by atoms with Crippen molar-refractivity contribution in [1.82, 2.24) is 92.5 Å². The van der Waals surface area contributed by atoms with Gasteiger partial charge in [0.05, 0.1) is 31.4 Å². The number of hydrogen-bond donors (Lipinski definition) is 16. The van der Waals surface area contributed by atoms with Crippen LogP contribution in [0.1, 0.15) is 161 Å². The maximum Gasteiger partial charge on any atom is 0.246 e. The van der Waals surface area contributed by atoms with Gasteiger partial charge in [0.25, 0.3) is 0 Å². The van der Waals surface area contributed by atoms with Crippen molar-refractivity contribution in [1.29, 1.82) is 0 Å². The van der Waals surface area contributed by atoms with Crippen LogP contribution in [0, 0.1) is 11.8 Å². The summed E-state index contributed by atoms with van der Waals surface area (Å²) in [6.07, 6.45) is 4.87. The number of phenols is 1. The number of aromatic nitrogens is 2. The average molecular weight is 1850 g/mol. The Kier molecular flexibility index (Phi) is 38.7. The first kappa shape index (κ1) is 104. The second kappa shape index (κ2) is 49.3. The SMILES string of the molecule is CCCC[C@H]1C(=O)N(C)[C@@H](CCCC)C(=O)N[C@@H](CC(C)C)C(=O)N[C@H](C(=O)NCC(=O)N2CCCCC2)CSCC(=O)N[C@@H](Cc2ccc(O)cc2)C(=O)N(C)[C@@H](C)C(=O)N[C@@H](CC(N)=O)C(=O)N2CCC[C@H]2C(=O)N[C@@H](CN)C(=O)N[C@@H](CC(C)C)C(=O)N2C[C@H](O)C[C@H]2C(=O)N[C@@H](Cc2c[nH]c3ccccc23)C(=O)NCC(=O)NC(Cc2c[nH]c3ccccc23)C(=O)N1C. The maximum absolute atomic E-state index is 15.6. The van der Waals surface area contributed by atoms with Crippen molar-refractivity contribution in [2.75, 3.05) is 78.5 Å². The van der Waals surface area contributed by atoms with Crippen LogP contribution in [0.15, 0.2) is 85.2 Å². The molecule has 0 aliphatic carbocycles. The minimum absolute atomic E-state index is 0.00625. The number of carbonyl (C=O) groups is 17. The Labute approximate surface area is 772 Å². The van der Waals surface area contributed by atoms with Gasteiger partial charge >= 0.3 is 0 Å². The molecule has 4 aliphatic rings. The zero-order valence-corrected chi connectivity index (χ0v) is 77.8. The van der Waals surface area contributed by atoms with Gasteiger partial charge in [-0.15, -0.1) is 11.8 Å². The number of aromatic hydroxyl groups is 1. The van der Waals surface area contributed by atoms with Crippen molar-refractivity contribution in [2.24, 2.45) is 23.3 Å². The number of nitrogens with two attached hydrogens (primary N) is 2. The van der Waals surface area contributed by atoms with Crippen molar-refractivity contribution in [3.63, 3.8) is 0 Å². The number of aliphatic hydroxyl groups is 1. The summed E-state index contributed by atoms with van der Waals surface area (Å²) in [5, 5.41) is 50.0. The van der Waals surface area contributed by atoms with Crippen molar-refractivity contribution in [3.05, 3.63) is 102 Å². The Hall–Kier alpha value is -12.2. The smallest absolute Gasteiger partial charge is 0.246 e. The fraction of sp³-hybridized carbons (Fsp3) is 0.576. The molecule has 9 rings (SSSR count). The van der Waals surface area contributed by atoms with Gasteiger partial charge in [-0.2, -0.15) is 0 Å². The van der Waals surface area contributed by atoms with E-state index in [9.17, 15) is 63.0 Å². The second-order valence-corrected chi connectivity index (χ2v) is 36.6. The molecule has 5 aromatic rings. The number of unbranched alkanes of at least 4 members (excludes halogenated alkanes) is 2. The van der Waals surface area contributed by atoms with E-state index in [1.165, 1.54) is 62.1 Å². The highest BCUT2D eigenvalue weighted by molar-refractivity contribution is 8.00. The molecule has 4 aliphatic heterocycles. The van der Waals surface area contributed by atoms with Gasteiger partial charge in [-0.1, -0.05) is 116 Å². The van der Waals surface area contributed by atoms with E-state index in [1.807, 2.05) is 32.0 Å². The first-order valence-corrected chi connectivity index (χ1v) is 46.8. The third kappa shape index (κ3) is 28.4. The largest absolute Gasteiger partial charge is 0.508 e. The van der Waals surface area contributed by atoms with Gasteiger partial charge in [-0.25, -0.2) is 0 Å². The quantitative estimate of drug-likeness (QED) is 0.0434. The van der Waals surface area contributed by atoms with Crippen LogP contribution in [-0.2, 0) is 101 Å². The number of primary amides is 1. The number of rotatable bonds is 22. The lowest BCUT2D eigenvalue weighted by Gasteiger charge is -2.36. The number of phenolic OH excluding ortho intramolecular Hbond substituents is 1. The molecular formula is C92H132N20O19S. The third-order valence-electron chi connectivity index (χ3n) is 24.6. The number of nitrogens with zero attached hydrogens (tertiary/aromatic N) is 6. The zero-order chi connectivity index (χ0) is 96.3. The lowest BCUT2D eigenvalue weighted by molar-refractivity contribution is -0.149. The van der Waals surface area contributed by atoms with Crippen molar-refractivity contribution >= 4 is 134 Å². The number of nitrogens with one attached hydrogen (secondary N) is 12. The molecule has 40 heteroatoms.